The summed E-state index contributed by atoms with van der Waals surface area (Å²) in [6.07, 6.45) is 3.25. The molecular formula is C12H22O7S2. The highest BCUT2D eigenvalue weighted by molar-refractivity contribution is 8.03. The fourth-order valence-corrected chi connectivity index (χ4v) is 4.28. The van der Waals surface area contributed by atoms with Crippen molar-refractivity contribution in [3.8, 4) is 0 Å². The highest BCUT2D eigenvalue weighted by Gasteiger charge is 2.61. The van der Waals surface area contributed by atoms with E-state index in [1.165, 1.54) is 6.42 Å². The van der Waals surface area contributed by atoms with Crippen molar-refractivity contribution in [2.75, 3.05) is 0 Å². The Bertz CT molecular complexity index is 601. The number of Topliss-reactive ketones (excluding diaryl/α,β-unsaturated/α-hetero) is 1. The lowest BCUT2D eigenvalue weighted by Gasteiger charge is -2.32. The number of hydrogen-bond acceptors (Lipinski definition) is 5. The first kappa shape index (κ1) is 18.5. The van der Waals surface area contributed by atoms with Gasteiger partial charge in [-0.25, -0.2) is 0 Å². The van der Waals surface area contributed by atoms with Crippen LogP contribution in [0, 0.1) is 16.7 Å². The molecule has 2 aliphatic carbocycles. The quantitative estimate of drug-likeness (QED) is 0.728. The Balaban J connectivity index is 0.000000212. The summed E-state index contributed by atoms with van der Waals surface area (Å²) in [5, 5.41) is 0. The van der Waals surface area contributed by atoms with Crippen molar-refractivity contribution in [2.24, 2.45) is 16.7 Å². The van der Waals surface area contributed by atoms with E-state index in [9.17, 15) is 21.6 Å². The minimum Gasteiger partial charge on any atom is -0.299 e. The van der Waals surface area contributed by atoms with Crippen LogP contribution in [0.3, 0.4) is 0 Å². The van der Waals surface area contributed by atoms with Gasteiger partial charge in [0.15, 0.2) is 0 Å². The molecule has 2 saturated carbocycles. The Hall–Kier alpha value is -0.510. The van der Waals surface area contributed by atoms with Crippen LogP contribution in [-0.4, -0.2) is 36.3 Å². The van der Waals surface area contributed by atoms with Crippen LogP contribution in [0.1, 0.15) is 47.0 Å². The third kappa shape index (κ3) is 3.30. The number of ketones is 1. The topological polar surface area (TPSA) is 126 Å². The largest absolute Gasteiger partial charge is 0.299 e. The van der Waals surface area contributed by atoms with Gasteiger partial charge < -0.3 is 0 Å². The smallest absolute Gasteiger partial charge is 0.284 e. The van der Waals surface area contributed by atoms with Gasteiger partial charge in [-0.05, 0) is 31.1 Å². The fraction of sp³-hybridized carbons (Fsp3) is 0.917. The van der Waals surface area contributed by atoms with E-state index in [2.05, 4.69) is 20.8 Å². The van der Waals surface area contributed by atoms with E-state index in [1.54, 1.807) is 0 Å². The van der Waals surface area contributed by atoms with E-state index in [1.807, 2.05) is 0 Å². The number of fused-ring (bicyclic) bond motifs is 2. The molecule has 2 N–H and O–H groups in total. The first-order chi connectivity index (χ1) is 9.14. The molecule has 2 unspecified atom stereocenters. The van der Waals surface area contributed by atoms with Crippen LogP contribution >= 0.6 is 0 Å². The van der Waals surface area contributed by atoms with Gasteiger partial charge in [0, 0.05) is 11.8 Å². The maximum absolute atomic E-state index is 11.6. The molecule has 2 bridgehead atoms. The third-order valence-corrected chi connectivity index (χ3v) is 8.46. The summed E-state index contributed by atoms with van der Waals surface area (Å²) in [7, 11) is -9.40. The second-order valence-corrected chi connectivity index (χ2v) is 10.3. The van der Waals surface area contributed by atoms with Crippen LogP contribution in [0.2, 0.25) is 0 Å². The van der Waals surface area contributed by atoms with E-state index in [0.717, 1.165) is 12.8 Å². The van der Waals surface area contributed by atoms with Gasteiger partial charge in [0.05, 0.1) is 0 Å². The minimum absolute atomic E-state index is 0.0255. The predicted octanol–water partition coefficient (Wildman–Crippen LogP) is 1.51. The molecule has 0 spiro atoms. The van der Waals surface area contributed by atoms with Crippen LogP contribution in [0.4, 0.5) is 0 Å². The lowest BCUT2D eigenvalue weighted by molar-refractivity contribution is -0.128. The molecule has 7 nitrogen and oxygen atoms in total. The lowest BCUT2D eigenvalue weighted by atomic mass is 9.70. The normalized spacial score (nSPS) is 31.2. The van der Waals surface area contributed by atoms with Crippen LogP contribution in [-0.2, 0) is 25.0 Å². The molecular weight excluding hydrogens is 320 g/mol. The fourth-order valence-electron chi connectivity index (χ4n) is 3.06. The average molecular weight is 342 g/mol. The standard InChI is InChI=1S/C10H16O.C2H6O6S2/c1-9(2)7-4-5-10(9,3)8(11)6-7;1-2(9(3,4)5)10(6,7)8/h7H,4-6H2,1-3H3;2H,1H3,(H,3,4,5)(H,6,7,8). The number of hydrogen-bond donors (Lipinski definition) is 2. The van der Waals surface area contributed by atoms with Crippen LogP contribution in [0.25, 0.3) is 0 Å². The van der Waals surface area contributed by atoms with E-state index in [-0.39, 0.29) is 10.8 Å². The van der Waals surface area contributed by atoms with Crippen molar-refractivity contribution >= 4 is 26.0 Å². The van der Waals surface area contributed by atoms with E-state index < -0.39 is 24.8 Å². The molecule has 2 fully saturated rings. The molecule has 21 heavy (non-hydrogen) atoms. The molecule has 0 aromatic rings. The van der Waals surface area contributed by atoms with Gasteiger partial charge >= 0.3 is 0 Å². The van der Waals surface area contributed by atoms with Crippen LogP contribution in [0.15, 0.2) is 0 Å². The van der Waals surface area contributed by atoms with E-state index in [0.29, 0.717) is 18.6 Å². The van der Waals surface area contributed by atoms with E-state index in [4.69, 9.17) is 9.11 Å². The second kappa shape index (κ2) is 5.29. The third-order valence-electron chi connectivity index (χ3n) is 5.32. The molecule has 124 valence electrons. The second-order valence-electron chi connectivity index (χ2n) is 6.51. The monoisotopic (exact) mass is 342 g/mol. The molecule has 0 amide bonds. The highest BCUT2D eigenvalue weighted by Crippen LogP contribution is 2.63. The van der Waals surface area contributed by atoms with Gasteiger partial charge in [-0.2, -0.15) is 16.8 Å². The molecule has 0 saturated heterocycles. The van der Waals surface area contributed by atoms with Crippen molar-refractivity contribution in [2.45, 2.75) is 51.5 Å². The van der Waals surface area contributed by atoms with Gasteiger partial charge in [-0.3, -0.25) is 13.9 Å². The maximum Gasteiger partial charge on any atom is 0.284 e. The summed E-state index contributed by atoms with van der Waals surface area (Å²) >= 11 is 0. The molecule has 0 radical (unpaired) electrons. The average Bonchev–Trinajstić information content (AvgIpc) is 2.59. The Morgan fingerprint density at radius 1 is 1.10 bits per heavy atom. The molecule has 2 atom stereocenters. The van der Waals surface area contributed by atoms with Gasteiger partial charge in [0.2, 0.25) is 4.58 Å². The zero-order valence-electron chi connectivity index (χ0n) is 12.5. The maximum atomic E-state index is 11.6. The molecule has 9 heteroatoms. The molecule has 2 aliphatic rings. The van der Waals surface area contributed by atoms with Crippen LogP contribution in [0.5, 0.6) is 0 Å². The number of carbonyl (C=O) groups is 1. The summed E-state index contributed by atoms with van der Waals surface area (Å²) in [4.78, 5) is 11.6. The predicted molar refractivity (Wildman–Crippen MR) is 76.8 cm³/mol. The van der Waals surface area contributed by atoms with Crippen molar-refractivity contribution in [3.05, 3.63) is 0 Å². The van der Waals surface area contributed by atoms with Gasteiger partial charge in [-0.15, -0.1) is 0 Å². The Morgan fingerprint density at radius 3 is 1.62 bits per heavy atom. The van der Waals surface area contributed by atoms with Crippen LogP contribution < -0.4 is 0 Å². The molecule has 0 heterocycles. The van der Waals surface area contributed by atoms with Crippen molar-refractivity contribution in [1.29, 1.82) is 0 Å². The van der Waals surface area contributed by atoms with Crippen molar-refractivity contribution in [1.82, 2.24) is 0 Å². The highest BCUT2D eigenvalue weighted by atomic mass is 32.3. The summed E-state index contributed by atoms with van der Waals surface area (Å²) in [5.41, 5.74) is 0.307. The summed E-state index contributed by atoms with van der Waals surface area (Å²) in [6, 6.07) is 0. The zero-order valence-corrected chi connectivity index (χ0v) is 14.2. The summed E-state index contributed by atoms with van der Waals surface area (Å²) < 4.78 is 53.9. The lowest BCUT2D eigenvalue weighted by Crippen LogP contribution is -2.32. The van der Waals surface area contributed by atoms with Crippen molar-refractivity contribution in [3.63, 3.8) is 0 Å². The summed E-state index contributed by atoms with van der Waals surface area (Å²) in [5.74, 6) is 1.19. The van der Waals surface area contributed by atoms with Gasteiger partial charge in [-0.1, -0.05) is 20.8 Å². The first-order valence-electron chi connectivity index (χ1n) is 6.60. The Morgan fingerprint density at radius 2 is 1.52 bits per heavy atom. The minimum atomic E-state index is -4.70. The molecule has 0 aromatic heterocycles. The van der Waals surface area contributed by atoms with E-state index >= 15 is 0 Å². The SMILES string of the molecule is CC(S(=O)(=O)O)S(=O)(=O)O.CC12CCC(CC1=O)C2(C)C. The molecule has 2 rings (SSSR count). The Kier molecular flexibility index (Phi) is 4.67. The Labute approximate surface area is 125 Å². The molecule has 0 aliphatic heterocycles. The number of carbonyl (C=O) groups excluding carboxylic acids is 1. The van der Waals surface area contributed by atoms with Gasteiger partial charge in [0.25, 0.3) is 20.2 Å². The van der Waals surface area contributed by atoms with Crippen molar-refractivity contribution < 1.29 is 30.7 Å². The first-order valence-corrected chi connectivity index (χ1v) is 9.60. The zero-order chi connectivity index (χ0) is 16.9. The molecule has 0 aromatic carbocycles. The number of rotatable bonds is 2. The van der Waals surface area contributed by atoms with Gasteiger partial charge in [0.1, 0.15) is 5.78 Å². The summed E-state index contributed by atoms with van der Waals surface area (Å²) in [6.45, 7) is 7.33.